The van der Waals surface area contributed by atoms with Gasteiger partial charge in [0, 0.05) is 32.7 Å². The highest BCUT2D eigenvalue weighted by Gasteiger charge is 2.46. The molecule has 1 amide bonds. The lowest BCUT2D eigenvalue weighted by Crippen LogP contribution is -2.55. The number of benzene rings is 2. The van der Waals surface area contributed by atoms with Crippen molar-refractivity contribution in [1.29, 1.82) is 0 Å². The normalized spacial score (nSPS) is 21.1. The molecule has 5 rings (SSSR count). The van der Waals surface area contributed by atoms with Gasteiger partial charge in [0.15, 0.2) is 0 Å². The van der Waals surface area contributed by atoms with E-state index in [9.17, 15) is 4.79 Å². The number of aromatic nitrogens is 3. The summed E-state index contributed by atoms with van der Waals surface area (Å²) in [7, 11) is 2.17. The van der Waals surface area contributed by atoms with Crippen molar-refractivity contribution in [3.05, 3.63) is 82.9 Å². The maximum absolute atomic E-state index is 12.9. The van der Waals surface area contributed by atoms with Crippen LogP contribution in [0.5, 0.6) is 0 Å². The zero-order valence-electron chi connectivity index (χ0n) is 18.8. The minimum absolute atomic E-state index is 0.00542. The minimum Gasteiger partial charge on any atom is -0.345 e. The van der Waals surface area contributed by atoms with Gasteiger partial charge >= 0.3 is 0 Å². The first kappa shape index (κ1) is 20.8. The van der Waals surface area contributed by atoms with Crippen LogP contribution in [0.4, 0.5) is 0 Å². The second kappa shape index (κ2) is 8.48. The van der Waals surface area contributed by atoms with E-state index in [0.717, 1.165) is 44.0 Å². The third-order valence-corrected chi connectivity index (χ3v) is 6.91. The summed E-state index contributed by atoms with van der Waals surface area (Å²) in [4.78, 5) is 17.8. The summed E-state index contributed by atoms with van der Waals surface area (Å²) in [6, 6.07) is 18.7. The van der Waals surface area contributed by atoms with E-state index in [1.165, 1.54) is 11.1 Å². The molecule has 1 fully saturated rings. The lowest BCUT2D eigenvalue weighted by Gasteiger charge is -2.42. The highest BCUT2D eigenvalue weighted by atomic mass is 16.2. The van der Waals surface area contributed by atoms with E-state index >= 15 is 0 Å². The Morgan fingerprint density at radius 2 is 1.81 bits per heavy atom. The van der Waals surface area contributed by atoms with Crippen LogP contribution in [0.25, 0.3) is 0 Å². The summed E-state index contributed by atoms with van der Waals surface area (Å²) in [5, 5.41) is 11.6. The predicted molar refractivity (Wildman–Crippen MR) is 123 cm³/mol. The van der Waals surface area contributed by atoms with Gasteiger partial charge < -0.3 is 9.88 Å². The van der Waals surface area contributed by atoms with E-state index in [1.54, 1.807) is 0 Å². The van der Waals surface area contributed by atoms with E-state index in [1.807, 2.05) is 34.9 Å². The van der Waals surface area contributed by atoms with Crippen LogP contribution in [0, 0.1) is 6.92 Å². The number of nitrogens with one attached hydrogen (secondary N) is 1. The van der Waals surface area contributed by atoms with Crippen LogP contribution in [0.15, 0.2) is 54.6 Å². The summed E-state index contributed by atoms with van der Waals surface area (Å²) >= 11 is 0. The van der Waals surface area contributed by atoms with Crippen molar-refractivity contribution in [2.24, 2.45) is 0 Å². The topological polar surface area (TPSA) is 66.3 Å². The van der Waals surface area contributed by atoms with Crippen molar-refractivity contribution in [2.75, 3.05) is 20.1 Å². The molecule has 166 valence electrons. The van der Waals surface area contributed by atoms with Crippen molar-refractivity contribution in [1.82, 2.24) is 29.9 Å². The Labute approximate surface area is 189 Å². The molecule has 2 aliphatic rings. The van der Waals surface area contributed by atoms with Crippen LogP contribution in [-0.4, -0.2) is 56.1 Å². The number of amides is 1. The van der Waals surface area contributed by atoms with Crippen LogP contribution in [-0.2, 0) is 26.2 Å². The lowest BCUT2D eigenvalue weighted by atomic mass is 9.94. The molecule has 32 heavy (non-hydrogen) atoms. The molecule has 2 aromatic carbocycles. The first-order valence-corrected chi connectivity index (χ1v) is 11.3. The largest absolute Gasteiger partial charge is 0.345 e. The number of likely N-dealkylation sites (N-methyl/N-ethyl adjacent to an activating group) is 1. The van der Waals surface area contributed by atoms with Crippen molar-refractivity contribution < 1.29 is 4.79 Å². The van der Waals surface area contributed by atoms with Gasteiger partial charge in [-0.15, -0.1) is 10.2 Å². The van der Waals surface area contributed by atoms with Gasteiger partial charge in [-0.1, -0.05) is 60.2 Å². The molecule has 7 nitrogen and oxygen atoms in total. The average molecular weight is 431 g/mol. The molecule has 1 spiro atoms. The summed E-state index contributed by atoms with van der Waals surface area (Å²) < 4.78 is 2.04. The van der Waals surface area contributed by atoms with E-state index in [4.69, 9.17) is 0 Å². The Balaban J connectivity index is 1.29. The molecule has 7 heteroatoms. The van der Waals surface area contributed by atoms with Gasteiger partial charge in [0.1, 0.15) is 5.82 Å². The van der Waals surface area contributed by atoms with Gasteiger partial charge in [0.25, 0.3) is 5.91 Å². The van der Waals surface area contributed by atoms with Gasteiger partial charge in [0.2, 0.25) is 5.82 Å². The molecule has 0 saturated carbocycles. The average Bonchev–Trinajstić information content (AvgIpc) is 3.39. The number of nitrogens with zero attached hydrogens (tertiary/aromatic N) is 5. The number of aryl methyl sites for hydroxylation is 1. The third kappa shape index (κ3) is 4.06. The fraction of sp³-hybridized carbons (Fsp3) is 0.400. The number of rotatable bonds is 5. The van der Waals surface area contributed by atoms with Gasteiger partial charge in [-0.25, -0.2) is 0 Å². The number of likely N-dealkylation sites (tertiary alicyclic amines) is 1. The summed E-state index contributed by atoms with van der Waals surface area (Å²) in [5.41, 5.74) is 3.70. The summed E-state index contributed by atoms with van der Waals surface area (Å²) in [6.07, 6.45) is 1.07. The summed E-state index contributed by atoms with van der Waals surface area (Å²) in [5.74, 6) is 1.11. The Kier molecular flexibility index (Phi) is 5.53. The molecule has 3 heterocycles. The molecule has 0 aliphatic carbocycles. The molecule has 0 radical (unpaired) electrons. The second-order valence-electron chi connectivity index (χ2n) is 9.22. The standard InChI is InChI=1S/C25H30N6O/c1-19-8-10-21(11-9-19)15-30-13-12-25(17-30)18-31-22(16-29(25)2)27-28-23(31)24(32)26-14-20-6-4-3-5-7-20/h3-11H,12-18H2,1-2H3,(H,26,32)/t25-/m0/s1. The van der Waals surface area contributed by atoms with Crippen molar-refractivity contribution in [3.63, 3.8) is 0 Å². The molecular weight excluding hydrogens is 400 g/mol. The van der Waals surface area contributed by atoms with E-state index in [-0.39, 0.29) is 11.4 Å². The number of carbonyl (C=O) groups is 1. The molecule has 1 N–H and O–H groups in total. The van der Waals surface area contributed by atoms with Crippen LogP contribution >= 0.6 is 0 Å². The number of fused-ring (bicyclic) bond motifs is 1. The second-order valence-corrected chi connectivity index (χ2v) is 9.22. The quantitative estimate of drug-likeness (QED) is 0.674. The maximum Gasteiger partial charge on any atom is 0.289 e. The monoisotopic (exact) mass is 430 g/mol. The fourth-order valence-corrected chi connectivity index (χ4v) is 4.91. The summed E-state index contributed by atoms with van der Waals surface area (Å²) in [6.45, 7) is 7.02. The van der Waals surface area contributed by atoms with Crippen molar-refractivity contribution >= 4 is 5.91 Å². The molecule has 3 aromatic rings. The molecule has 1 saturated heterocycles. The maximum atomic E-state index is 12.9. The Morgan fingerprint density at radius 3 is 2.59 bits per heavy atom. The zero-order chi connectivity index (χ0) is 22.1. The van der Waals surface area contributed by atoms with Gasteiger partial charge in [-0.2, -0.15) is 0 Å². The van der Waals surface area contributed by atoms with E-state index in [0.29, 0.717) is 18.9 Å². The van der Waals surface area contributed by atoms with Gasteiger partial charge in [0.05, 0.1) is 12.1 Å². The van der Waals surface area contributed by atoms with Crippen LogP contribution in [0.3, 0.4) is 0 Å². The first-order valence-electron chi connectivity index (χ1n) is 11.3. The molecule has 0 bridgehead atoms. The minimum atomic E-state index is -0.165. The Morgan fingerprint density at radius 1 is 1.03 bits per heavy atom. The van der Waals surface area contributed by atoms with Crippen molar-refractivity contribution in [3.8, 4) is 0 Å². The first-order chi connectivity index (χ1) is 15.5. The van der Waals surface area contributed by atoms with Gasteiger partial charge in [-0.05, 0) is 31.5 Å². The molecule has 2 aliphatic heterocycles. The van der Waals surface area contributed by atoms with Gasteiger partial charge in [-0.3, -0.25) is 14.6 Å². The number of hydrogen-bond donors (Lipinski definition) is 1. The lowest BCUT2D eigenvalue weighted by molar-refractivity contribution is 0.0648. The van der Waals surface area contributed by atoms with E-state index in [2.05, 4.69) is 63.6 Å². The van der Waals surface area contributed by atoms with Crippen LogP contribution in [0.1, 0.15) is 39.6 Å². The highest BCUT2D eigenvalue weighted by Crippen LogP contribution is 2.34. The molecular formula is C25H30N6O. The number of carbonyl (C=O) groups excluding carboxylic acids is 1. The zero-order valence-corrected chi connectivity index (χ0v) is 18.8. The molecule has 0 unspecified atom stereocenters. The molecule has 1 aromatic heterocycles. The number of hydrogen-bond acceptors (Lipinski definition) is 5. The third-order valence-electron chi connectivity index (χ3n) is 6.91. The fourth-order valence-electron chi connectivity index (χ4n) is 4.91. The SMILES string of the molecule is Cc1ccc(CN2CC[C@]3(C2)Cn2c(nnc2C(=O)NCc2ccccc2)CN3C)cc1. The smallest absolute Gasteiger partial charge is 0.289 e. The van der Waals surface area contributed by atoms with E-state index < -0.39 is 0 Å². The van der Waals surface area contributed by atoms with Crippen LogP contribution in [0.2, 0.25) is 0 Å². The Bertz CT molecular complexity index is 1090. The van der Waals surface area contributed by atoms with Crippen molar-refractivity contribution in [2.45, 2.75) is 45.1 Å². The Hall–Kier alpha value is -3.03. The molecule has 1 atom stereocenters. The van der Waals surface area contributed by atoms with Crippen LogP contribution < -0.4 is 5.32 Å². The predicted octanol–water partition coefficient (Wildman–Crippen LogP) is 2.61. The highest BCUT2D eigenvalue weighted by molar-refractivity contribution is 5.90.